The molecule has 0 spiro atoms. The molecule has 156 valence electrons. The van der Waals surface area contributed by atoms with E-state index in [4.69, 9.17) is 39.5 Å². The number of ether oxygens (including phenoxy) is 1. The van der Waals surface area contributed by atoms with Gasteiger partial charge in [0, 0.05) is 21.1 Å². The van der Waals surface area contributed by atoms with E-state index in [9.17, 15) is 8.78 Å². The van der Waals surface area contributed by atoms with Crippen molar-refractivity contribution in [1.82, 2.24) is 0 Å². The largest absolute Gasteiger partial charge is 0.493 e. The summed E-state index contributed by atoms with van der Waals surface area (Å²) >= 11 is 18.7. The van der Waals surface area contributed by atoms with Crippen molar-refractivity contribution in [3.8, 4) is 5.75 Å². The van der Waals surface area contributed by atoms with Gasteiger partial charge < -0.3 is 4.74 Å². The van der Waals surface area contributed by atoms with Gasteiger partial charge in [0.15, 0.2) is 11.6 Å². The molecule has 0 unspecified atom stereocenters. The van der Waals surface area contributed by atoms with Gasteiger partial charge in [-0.25, -0.2) is 8.78 Å². The Kier molecular flexibility index (Phi) is 6.52. The first kappa shape index (κ1) is 21.4. The summed E-state index contributed by atoms with van der Waals surface area (Å²) < 4.78 is 32.4. The molecule has 1 nitrogen and oxygen atoms in total. The minimum Gasteiger partial charge on any atom is -0.493 e. The van der Waals surface area contributed by atoms with Crippen LogP contribution in [0.5, 0.6) is 5.75 Å². The third kappa shape index (κ3) is 4.74. The van der Waals surface area contributed by atoms with Crippen LogP contribution in [0.2, 0.25) is 15.1 Å². The highest BCUT2D eigenvalue weighted by atomic mass is 35.5. The molecule has 4 rings (SSSR count). The van der Waals surface area contributed by atoms with Crippen molar-refractivity contribution in [1.29, 1.82) is 0 Å². The average Bonchev–Trinajstić information content (AvgIpc) is 3.13. The minimum atomic E-state index is -0.913. The van der Waals surface area contributed by atoms with Gasteiger partial charge in [0.05, 0.1) is 6.61 Å². The molecule has 30 heavy (non-hydrogen) atoms. The van der Waals surface area contributed by atoms with E-state index in [2.05, 4.69) is 0 Å². The summed E-state index contributed by atoms with van der Waals surface area (Å²) in [6.45, 7) is 0.414. The lowest BCUT2D eigenvalue weighted by Gasteiger charge is -2.21. The Morgan fingerprint density at radius 1 is 0.767 bits per heavy atom. The van der Waals surface area contributed by atoms with E-state index in [1.165, 1.54) is 11.6 Å². The van der Waals surface area contributed by atoms with E-state index >= 15 is 0 Å². The summed E-state index contributed by atoms with van der Waals surface area (Å²) in [7, 11) is 0. The van der Waals surface area contributed by atoms with Crippen LogP contribution in [0, 0.1) is 17.6 Å². The van der Waals surface area contributed by atoms with Gasteiger partial charge in [-0.1, -0.05) is 53.0 Å². The lowest BCUT2D eigenvalue weighted by molar-refractivity contribution is 0.248. The summed E-state index contributed by atoms with van der Waals surface area (Å²) in [5, 5.41) is 1.94. The molecule has 0 aromatic heterocycles. The molecule has 1 saturated carbocycles. The molecule has 0 heterocycles. The Hall–Kier alpha value is -1.81. The van der Waals surface area contributed by atoms with E-state index in [1.807, 2.05) is 36.4 Å². The first-order valence-corrected chi connectivity index (χ1v) is 10.8. The molecule has 0 aliphatic heterocycles. The van der Waals surface area contributed by atoms with E-state index < -0.39 is 11.6 Å². The molecule has 0 radical (unpaired) electrons. The highest BCUT2D eigenvalue weighted by molar-refractivity contribution is 6.35. The van der Waals surface area contributed by atoms with Crippen molar-refractivity contribution in [2.24, 2.45) is 5.92 Å². The Morgan fingerprint density at radius 3 is 2.17 bits per heavy atom. The molecule has 0 bridgehead atoms. The van der Waals surface area contributed by atoms with Crippen molar-refractivity contribution in [3.63, 3.8) is 0 Å². The fourth-order valence-corrected chi connectivity index (χ4v) is 4.96. The number of rotatable bonds is 5. The van der Waals surface area contributed by atoms with E-state index in [0.717, 1.165) is 30.5 Å². The summed E-state index contributed by atoms with van der Waals surface area (Å²) in [6.07, 6.45) is 1.74. The average molecular weight is 468 g/mol. The van der Waals surface area contributed by atoms with Crippen LogP contribution in [0.1, 0.15) is 35.8 Å². The summed E-state index contributed by atoms with van der Waals surface area (Å²) in [5.41, 5.74) is 2.24. The predicted molar refractivity (Wildman–Crippen MR) is 118 cm³/mol. The number of hydrogen-bond acceptors (Lipinski definition) is 1. The highest BCUT2D eigenvalue weighted by Crippen LogP contribution is 2.50. The van der Waals surface area contributed by atoms with Crippen LogP contribution in [-0.2, 0) is 0 Å². The Labute approximate surface area is 189 Å². The minimum absolute atomic E-state index is 0.189. The molecule has 0 N–H and O–H groups in total. The van der Waals surface area contributed by atoms with Crippen LogP contribution >= 0.6 is 34.8 Å². The van der Waals surface area contributed by atoms with Crippen LogP contribution in [0.15, 0.2) is 60.7 Å². The van der Waals surface area contributed by atoms with E-state index in [1.54, 1.807) is 6.07 Å². The maximum atomic E-state index is 13.5. The Morgan fingerprint density at radius 2 is 1.47 bits per heavy atom. The van der Waals surface area contributed by atoms with Gasteiger partial charge in [-0.15, -0.1) is 0 Å². The van der Waals surface area contributed by atoms with Gasteiger partial charge in [-0.2, -0.15) is 0 Å². The maximum Gasteiger partial charge on any atom is 0.162 e. The first-order chi connectivity index (χ1) is 14.4. The monoisotopic (exact) mass is 466 g/mol. The molecule has 1 aliphatic carbocycles. The van der Waals surface area contributed by atoms with Crippen LogP contribution < -0.4 is 4.74 Å². The van der Waals surface area contributed by atoms with Gasteiger partial charge in [-0.3, -0.25) is 0 Å². The zero-order valence-corrected chi connectivity index (χ0v) is 18.2. The predicted octanol–water partition coefficient (Wildman–Crippen LogP) is 8.28. The summed E-state index contributed by atoms with van der Waals surface area (Å²) in [6, 6.07) is 17.1. The van der Waals surface area contributed by atoms with Gasteiger partial charge >= 0.3 is 0 Å². The van der Waals surface area contributed by atoms with Crippen molar-refractivity contribution in [3.05, 3.63) is 98.5 Å². The highest BCUT2D eigenvalue weighted by Gasteiger charge is 2.37. The second-order valence-corrected chi connectivity index (χ2v) is 8.93. The number of halogens is 5. The molecule has 1 fully saturated rings. The fourth-order valence-electron chi connectivity index (χ4n) is 4.28. The van der Waals surface area contributed by atoms with E-state index in [0.29, 0.717) is 27.4 Å². The van der Waals surface area contributed by atoms with Crippen LogP contribution in [0.25, 0.3) is 0 Å². The molecule has 1 aliphatic rings. The summed E-state index contributed by atoms with van der Waals surface area (Å²) in [4.78, 5) is 0. The zero-order valence-electron chi connectivity index (χ0n) is 15.9. The quantitative estimate of drug-likeness (QED) is 0.367. The second kappa shape index (κ2) is 9.13. The second-order valence-electron chi connectivity index (χ2n) is 7.65. The molecule has 0 amide bonds. The topological polar surface area (TPSA) is 9.23 Å². The Bertz CT molecular complexity index is 1040. The van der Waals surface area contributed by atoms with Crippen LogP contribution in [0.4, 0.5) is 8.78 Å². The normalized spacial score (nSPS) is 21.0. The number of hydrogen-bond donors (Lipinski definition) is 0. The smallest absolute Gasteiger partial charge is 0.162 e. The summed E-state index contributed by atoms with van der Waals surface area (Å²) in [5.74, 6) is -0.818. The van der Waals surface area contributed by atoms with Crippen molar-refractivity contribution >= 4 is 34.8 Å². The fraction of sp³-hybridized carbons (Fsp3) is 0.250. The van der Waals surface area contributed by atoms with Gasteiger partial charge in [0.25, 0.3) is 0 Å². The van der Waals surface area contributed by atoms with Crippen molar-refractivity contribution in [2.75, 3.05) is 6.61 Å². The Balaban J connectivity index is 1.56. The third-order valence-electron chi connectivity index (χ3n) is 5.70. The SMILES string of the molecule is Fc1ccc(OC[C@@H]2C[C@H](c3ccc(Cl)cc3)[C@H](c3ccc(Cl)cc3Cl)C2)cc1F. The number of benzene rings is 3. The molecular weight excluding hydrogens is 449 g/mol. The molecule has 3 aromatic carbocycles. The van der Waals surface area contributed by atoms with Crippen LogP contribution in [0.3, 0.4) is 0 Å². The molecule has 3 aromatic rings. The van der Waals surface area contributed by atoms with Gasteiger partial charge in [-0.05, 0) is 78.1 Å². The van der Waals surface area contributed by atoms with Crippen molar-refractivity contribution < 1.29 is 13.5 Å². The standard InChI is InChI=1S/C24H19Cl3F2O/c25-16-3-1-15(2-4-16)20-9-14(13-30-18-6-8-23(28)24(29)12-18)10-21(20)19-7-5-17(26)11-22(19)27/h1-8,11-12,14,20-21H,9-10,13H2/t14-,20-,21+/m1/s1. The van der Waals surface area contributed by atoms with Crippen LogP contribution in [-0.4, -0.2) is 6.61 Å². The maximum absolute atomic E-state index is 13.5. The molecule has 6 heteroatoms. The van der Waals surface area contributed by atoms with Gasteiger partial charge in [0.2, 0.25) is 0 Å². The third-order valence-corrected chi connectivity index (χ3v) is 6.51. The molecule has 3 atom stereocenters. The first-order valence-electron chi connectivity index (χ1n) is 9.69. The lowest BCUT2D eigenvalue weighted by atomic mass is 9.84. The zero-order chi connectivity index (χ0) is 21.3. The molecular formula is C24H19Cl3F2O. The lowest BCUT2D eigenvalue weighted by Crippen LogP contribution is -2.09. The van der Waals surface area contributed by atoms with Gasteiger partial charge in [0.1, 0.15) is 5.75 Å². The van der Waals surface area contributed by atoms with E-state index in [-0.39, 0.29) is 17.8 Å². The van der Waals surface area contributed by atoms with Crippen molar-refractivity contribution in [2.45, 2.75) is 24.7 Å². The molecule has 0 saturated heterocycles.